The highest BCUT2D eigenvalue weighted by Crippen LogP contribution is 2.05. The fourth-order valence-electron chi connectivity index (χ4n) is 0.959. The van der Waals surface area contributed by atoms with E-state index in [1.54, 1.807) is 5.51 Å². The van der Waals surface area contributed by atoms with Gasteiger partial charge in [0.15, 0.2) is 0 Å². The van der Waals surface area contributed by atoms with Crippen molar-refractivity contribution in [2.45, 2.75) is 20.4 Å². The molecule has 0 spiro atoms. The second kappa shape index (κ2) is 5.41. The van der Waals surface area contributed by atoms with Crippen molar-refractivity contribution in [2.24, 2.45) is 0 Å². The molecule has 5 nitrogen and oxygen atoms in total. The van der Waals surface area contributed by atoms with Crippen LogP contribution in [-0.4, -0.2) is 22.0 Å². The Kier molecular flexibility index (Phi) is 4.19. The molecule has 0 saturated heterocycles. The summed E-state index contributed by atoms with van der Waals surface area (Å²) in [5.41, 5.74) is 2.70. The van der Waals surface area contributed by atoms with Gasteiger partial charge in [-0.1, -0.05) is 0 Å². The Morgan fingerprint density at radius 3 is 2.62 bits per heavy atom. The molecule has 1 aromatic rings. The summed E-state index contributed by atoms with van der Waals surface area (Å²) in [6.07, 6.45) is 0. The zero-order chi connectivity index (χ0) is 12.1. The molecule has 1 amide bonds. The van der Waals surface area contributed by atoms with Crippen LogP contribution >= 0.6 is 11.3 Å². The molecule has 1 heterocycles. The Bertz CT molecular complexity index is 423. The number of rotatable bonds is 4. The number of hydrogen-bond donors (Lipinski definition) is 2. The summed E-state index contributed by atoms with van der Waals surface area (Å²) in [6.45, 7) is 3.20. The molecule has 0 unspecified atom stereocenters. The lowest BCUT2D eigenvalue weighted by Gasteiger charge is -2.05. The van der Waals surface area contributed by atoms with E-state index in [2.05, 4.69) is 10.3 Å². The highest BCUT2D eigenvalue weighted by atomic mass is 32.1. The topological polar surface area (TPSA) is 79.3 Å². The Labute approximate surface area is 96.8 Å². The number of amides is 1. The van der Waals surface area contributed by atoms with Crippen molar-refractivity contribution in [3.63, 3.8) is 0 Å². The van der Waals surface area contributed by atoms with E-state index in [1.165, 1.54) is 25.2 Å². The molecule has 2 N–H and O–H groups in total. The molecule has 1 rings (SSSR count). The normalized spacial score (nSPS) is 11.9. The fraction of sp³-hybridized carbons (Fsp3) is 0.300. The van der Waals surface area contributed by atoms with Gasteiger partial charge in [0.2, 0.25) is 5.91 Å². The number of aromatic nitrogens is 1. The summed E-state index contributed by atoms with van der Waals surface area (Å²) in [5, 5.41) is 13.1. The summed E-state index contributed by atoms with van der Waals surface area (Å²) in [5.74, 6) is -1.46. The number of carbonyl (C=O) groups excluding carboxylic acids is 1. The van der Waals surface area contributed by atoms with Crippen LogP contribution in [0.2, 0.25) is 0 Å². The van der Waals surface area contributed by atoms with E-state index in [-0.39, 0.29) is 17.1 Å². The molecule has 16 heavy (non-hydrogen) atoms. The quantitative estimate of drug-likeness (QED) is 0.774. The maximum atomic E-state index is 11.5. The third-order valence-corrected chi connectivity index (χ3v) is 2.77. The van der Waals surface area contributed by atoms with Crippen molar-refractivity contribution in [3.8, 4) is 0 Å². The van der Waals surface area contributed by atoms with Gasteiger partial charge in [0.25, 0.3) is 0 Å². The van der Waals surface area contributed by atoms with Gasteiger partial charge in [-0.3, -0.25) is 4.79 Å². The number of hydrogen-bond acceptors (Lipinski definition) is 4. The van der Waals surface area contributed by atoms with Crippen LogP contribution in [0, 0.1) is 0 Å². The third-order valence-electron chi connectivity index (χ3n) is 2.14. The molecule has 0 bridgehead atoms. The number of carbonyl (C=O) groups is 2. The molecule has 86 valence electrons. The largest absolute Gasteiger partial charge is 0.478 e. The predicted molar refractivity (Wildman–Crippen MR) is 60.0 cm³/mol. The van der Waals surface area contributed by atoms with Gasteiger partial charge in [0.05, 0.1) is 17.7 Å². The van der Waals surface area contributed by atoms with Crippen LogP contribution < -0.4 is 5.32 Å². The lowest BCUT2D eigenvalue weighted by molar-refractivity contribution is -0.133. The summed E-state index contributed by atoms with van der Waals surface area (Å²) in [4.78, 5) is 26.2. The van der Waals surface area contributed by atoms with E-state index in [0.29, 0.717) is 6.54 Å². The van der Waals surface area contributed by atoms with Gasteiger partial charge < -0.3 is 10.4 Å². The van der Waals surface area contributed by atoms with E-state index in [9.17, 15) is 9.59 Å². The monoisotopic (exact) mass is 240 g/mol. The lowest BCUT2D eigenvalue weighted by Crippen LogP contribution is -2.25. The van der Waals surface area contributed by atoms with Crippen molar-refractivity contribution in [2.75, 3.05) is 0 Å². The second-order valence-electron chi connectivity index (χ2n) is 3.22. The number of nitrogens with one attached hydrogen (secondary N) is 1. The van der Waals surface area contributed by atoms with Crippen molar-refractivity contribution >= 4 is 23.2 Å². The molecule has 0 aliphatic rings. The first kappa shape index (κ1) is 12.4. The third kappa shape index (κ3) is 3.16. The molecule has 0 radical (unpaired) electrons. The van der Waals surface area contributed by atoms with Gasteiger partial charge in [-0.15, -0.1) is 11.3 Å². The standard InChI is InChI=1S/C10H12N2O3S/c1-6(7(2)10(14)15)9(13)11-3-8-4-16-5-12-8/h4-5H,3H2,1-2H3,(H,11,13)(H,14,15). The van der Waals surface area contributed by atoms with E-state index in [1.807, 2.05) is 5.38 Å². The Hall–Kier alpha value is -1.69. The molecular formula is C10H12N2O3S. The number of carboxylic acid groups (broad SMARTS) is 1. The second-order valence-corrected chi connectivity index (χ2v) is 3.94. The van der Waals surface area contributed by atoms with Crippen LogP contribution in [-0.2, 0) is 16.1 Å². The van der Waals surface area contributed by atoms with E-state index in [0.717, 1.165) is 5.69 Å². The van der Waals surface area contributed by atoms with Gasteiger partial charge in [0, 0.05) is 16.5 Å². The van der Waals surface area contributed by atoms with E-state index >= 15 is 0 Å². The highest BCUT2D eigenvalue weighted by molar-refractivity contribution is 7.07. The van der Waals surface area contributed by atoms with Crippen molar-refractivity contribution in [1.82, 2.24) is 10.3 Å². The predicted octanol–water partition coefficient (Wildman–Crippen LogP) is 1.18. The minimum atomic E-state index is -1.08. The maximum absolute atomic E-state index is 11.5. The van der Waals surface area contributed by atoms with Crippen molar-refractivity contribution < 1.29 is 14.7 Å². The first-order chi connectivity index (χ1) is 7.52. The van der Waals surface area contributed by atoms with Crippen LogP contribution in [0.15, 0.2) is 22.0 Å². The summed E-state index contributed by atoms with van der Waals surface area (Å²) in [6, 6.07) is 0. The molecule has 6 heteroatoms. The number of thiazole rings is 1. The Balaban J connectivity index is 2.59. The SMILES string of the molecule is CC(C(=O)O)=C(C)C(=O)NCc1cscn1. The van der Waals surface area contributed by atoms with Gasteiger partial charge in [-0.25, -0.2) is 9.78 Å². The molecule has 0 fully saturated rings. The number of aliphatic carboxylic acids is 1. The van der Waals surface area contributed by atoms with E-state index < -0.39 is 5.97 Å². The molecule has 0 aliphatic carbocycles. The molecule has 0 aromatic carbocycles. The number of carboxylic acids is 1. The first-order valence-corrected chi connectivity index (χ1v) is 5.52. The minimum absolute atomic E-state index is 0.0516. The van der Waals surface area contributed by atoms with Gasteiger partial charge >= 0.3 is 5.97 Å². The van der Waals surface area contributed by atoms with Crippen LogP contribution in [0.1, 0.15) is 19.5 Å². The fourth-order valence-corrected chi connectivity index (χ4v) is 1.52. The van der Waals surface area contributed by atoms with Crippen LogP contribution in [0.25, 0.3) is 0 Å². The molecular weight excluding hydrogens is 228 g/mol. The van der Waals surface area contributed by atoms with Crippen LogP contribution in [0.5, 0.6) is 0 Å². The van der Waals surface area contributed by atoms with Crippen LogP contribution in [0.3, 0.4) is 0 Å². The molecule has 0 atom stereocenters. The lowest BCUT2D eigenvalue weighted by atomic mass is 10.1. The van der Waals surface area contributed by atoms with Gasteiger partial charge in [0.1, 0.15) is 0 Å². The zero-order valence-electron chi connectivity index (χ0n) is 8.98. The van der Waals surface area contributed by atoms with Crippen molar-refractivity contribution in [1.29, 1.82) is 0 Å². The maximum Gasteiger partial charge on any atom is 0.331 e. The molecule has 1 aromatic heterocycles. The van der Waals surface area contributed by atoms with E-state index in [4.69, 9.17) is 5.11 Å². The molecule has 0 aliphatic heterocycles. The first-order valence-electron chi connectivity index (χ1n) is 4.58. The summed E-state index contributed by atoms with van der Waals surface area (Å²) in [7, 11) is 0. The highest BCUT2D eigenvalue weighted by Gasteiger charge is 2.12. The number of nitrogens with zero attached hydrogens (tertiary/aromatic N) is 1. The minimum Gasteiger partial charge on any atom is -0.478 e. The summed E-state index contributed by atoms with van der Waals surface area (Å²) >= 11 is 1.44. The summed E-state index contributed by atoms with van der Waals surface area (Å²) < 4.78 is 0. The smallest absolute Gasteiger partial charge is 0.331 e. The van der Waals surface area contributed by atoms with Crippen molar-refractivity contribution in [3.05, 3.63) is 27.7 Å². The zero-order valence-corrected chi connectivity index (χ0v) is 9.80. The average Bonchev–Trinajstić information content (AvgIpc) is 2.76. The van der Waals surface area contributed by atoms with Gasteiger partial charge in [-0.2, -0.15) is 0 Å². The molecule has 0 saturated carbocycles. The average molecular weight is 240 g/mol. The Morgan fingerprint density at radius 2 is 2.12 bits per heavy atom. The van der Waals surface area contributed by atoms with Crippen LogP contribution in [0.4, 0.5) is 0 Å². The van der Waals surface area contributed by atoms with Gasteiger partial charge in [-0.05, 0) is 13.8 Å². The Morgan fingerprint density at radius 1 is 1.44 bits per heavy atom.